The van der Waals surface area contributed by atoms with E-state index in [1.54, 1.807) is 13.0 Å². The third-order valence-electron chi connectivity index (χ3n) is 2.96. The zero-order chi connectivity index (χ0) is 14.9. The lowest BCUT2D eigenvalue weighted by atomic mass is 10.0. The van der Waals surface area contributed by atoms with Gasteiger partial charge in [-0.2, -0.15) is 0 Å². The van der Waals surface area contributed by atoms with E-state index in [1.807, 2.05) is 36.4 Å². The Morgan fingerprint density at radius 2 is 1.81 bits per heavy atom. The fraction of sp³-hybridized carbons (Fsp3) is 0.167. The van der Waals surface area contributed by atoms with E-state index in [2.05, 4.69) is 23.5 Å². The van der Waals surface area contributed by atoms with Gasteiger partial charge in [-0.1, -0.05) is 54.6 Å². The topological polar surface area (TPSA) is 38.3 Å². The van der Waals surface area contributed by atoms with E-state index >= 15 is 0 Å². The van der Waals surface area contributed by atoms with Crippen LogP contribution in [0.25, 0.3) is 11.1 Å². The van der Waals surface area contributed by atoms with Gasteiger partial charge in [0, 0.05) is 23.9 Å². The first-order valence-electron chi connectivity index (χ1n) is 7.03. The number of nitrogens with one attached hydrogen (secondary N) is 1. The molecular formula is C18H19NO2. The number of esters is 1. The lowest BCUT2D eigenvalue weighted by Gasteiger charge is -2.10. The molecule has 2 rings (SSSR count). The summed E-state index contributed by atoms with van der Waals surface area (Å²) >= 11 is 0. The number of rotatable bonds is 6. The molecule has 3 nitrogen and oxygen atoms in total. The number of anilines is 1. The zero-order valence-corrected chi connectivity index (χ0v) is 12.1. The predicted molar refractivity (Wildman–Crippen MR) is 86.1 cm³/mol. The molecule has 0 aliphatic heterocycles. The lowest BCUT2D eigenvalue weighted by Crippen LogP contribution is -2.03. The molecule has 0 saturated carbocycles. The SMILES string of the molecule is CCOC(=O)/C=C/CNc1ccccc1-c1ccccc1. The van der Waals surface area contributed by atoms with Gasteiger partial charge >= 0.3 is 5.97 Å². The molecule has 0 unspecified atom stereocenters. The Bertz CT molecular complexity index is 606. The minimum Gasteiger partial charge on any atom is -0.463 e. The Hall–Kier alpha value is -2.55. The monoisotopic (exact) mass is 281 g/mol. The average Bonchev–Trinajstić information content (AvgIpc) is 2.53. The van der Waals surface area contributed by atoms with Gasteiger partial charge in [0.25, 0.3) is 0 Å². The van der Waals surface area contributed by atoms with Crippen LogP contribution in [0, 0.1) is 0 Å². The Labute approximate surface area is 125 Å². The second-order valence-corrected chi connectivity index (χ2v) is 4.45. The fourth-order valence-corrected chi connectivity index (χ4v) is 2.02. The molecule has 2 aromatic carbocycles. The number of hydrogen-bond donors (Lipinski definition) is 1. The number of carbonyl (C=O) groups is 1. The van der Waals surface area contributed by atoms with Crippen LogP contribution in [0.1, 0.15) is 6.92 Å². The number of carbonyl (C=O) groups excluding carboxylic acids is 1. The highest BCUT2D eigenvalue weighted by molar-refractivity contribution is 5.82. The van der Waals surface area contributed by atoms with Crippen LogP contribution >= 0.6 is 0 Å². The molecule has 0 aliphatic carbocycles. The highest BCUT2D eigenvalue weighted by Crippen LogP contribution is 2.27. The minimum absolute atomic E-state index is 0.310. The first kappa shape index (κ1) is 14.9. The van der Waals surface area contributed by atoms with Crippen molar-refractivity contribution in [1.82, 2.24) is 0 Å². The molecule has 0 spiro atoms. The molecule has 0 aromatic heterocycles. The second-order valence-electron chi connectivity index (χ2n) is 4.45. The fourth-order valence-electron chi connectivity index (χ4n) is 2.02. The molecular weight excluding hydrogens is 262 g/mol. The molecule has 0 radical (unpaired) electrons. The van der Waals surface area contributed by atoms with Gasteiger partial charge in [-0.3, -0.25) is 0 Å². The van der Waals surface area contributed by atoms with E-state index in [4.69, 9.17) is 4.74 Å². The van der Waals surface area contributed by atoms with Crippen molar-refractivity contribution in [1.29, 1.82) is 0 Å². The van der Waals surface area contributed by atoms with E-state index < -0.39 is 0 Å². The van der Waals surface area contributed by atoms with Crippen molar-refractivity contribution in [2.24, 2.45) is 0 Å². The molecule has 0 heterocycles. The van der Waals surface area contributed by atoms with Gasteiger partial charge in [-0.25, -0.2) is 4.79 Å². The standard InChI is InChI=1S/C18H19NO2/c1-2-21-18(20)13-8-14-19-17-12-7-6-11-16(17)15-9-4-3-5-10-15/h3-13,19H,2,14H2,1H3/b13-8+. The van der Waals surface area contributed by atoms with E-state index in [0.29, 0.717) is 13.2 Å². The molecule has 0 aliphatic rings. The van der Waals surface area contributed by atoms with Crippen molar-refractivity contribution in [2.75, 3.05) is 18.5 Å². The number of ether oxygens (including phenoxy) is 1. The van der Waals surface area contributed by atoms with Crippen LogP contribution in [0.3, 0.4) is 0 Å². The predicted octanol–water partition coefficient (Wildman–Crippen LogP) is 3.88. The van der Waals surface area contributed by atoms with E-state index in [0.717, 1.165) is 16.8 Å². The average molecular weight is 281 g/mol. The summed E-state index contributed by atoms with van der Waals surface area (Å²) in [5.41, 5.74) is 3.34. The third-order valence-corrected chi connectivity index (χ3v) is 2.96. The normalized spacial score (nSPS) is 10.5. The summed E-state index contributed by atoms with van der Waals surface area (Å²) in [6, 6.07) is 18.3. The van der Waals surface area contributed by atoms with Crippen molar-refractivity contribution >= 4 is 11.7 Å². The van der Waals surface area contributed by atoms with Gasteiger partial charge in [-0.15, -0.1) is 0 Å². The van der Waals surface area contributed by atoms with Crippen LogP contribution < -0.4 is 5.32 Å². The molecule has 2 aromatic rings. The summed E-state index contributed by atoms with van der Waals surface area (Å²) in [7, 11) is 0. The maximum atomic E-state index is 11.2. The van der Waals surface area contributed by atoms with Crippen LogP contribution in [0.2, 0.25) is 0 Å². The van der Waals surface area contributed by atoms with Crippen molar-refractivity contribution in [3.05, 3.63) is 66.7 Å². The highest BCUT2D eigenvalue weighted by atomic mass is 16.5. The summed E-state index contributed by atoms with van der Waals surface area (Å²) in [5.74, 6) is -0.310. The van der Waals surface area contributed by atoms with E-state index in [-0.39, 0.29) is 5.97 Å². The van der Waals surface area contributed by atoms with Crippen LogP contribution in [0.5, 0.6) is 0 Å². The summed E-state index contributed by atoms with van der Waals surface area (Å²) in [5, 5.41) is 3.31. The number of para-hydroxylation sites is 1. The lowest BCUT2D eigenvalue weighted by molar-refractivity contribution is -0.137. The maximum Gasteiger partial charge on any atom is 0.330 e. The maximum absolute atomic E-state index is 11.2. The molecule has 0 amide bonds. The summed E-state index contributed by atoms with van der Waals surface area (Å²) in [6.07, 6.45) is 3.21. The molecule has 1 N–H and O–H groups in total. The van der Waals surface area contributed by atoms with Gasteiger partial charge in [0.05, 0.1) is 6.61 Å². The van der Waals surface area contributed by atoms with Gasteiger partial charge in [0.15, 0.2) is 0 Å². The van der Waals surface area contributed by atoms with Gasteiger partial charge in [0.1, 0.15) is 0 Å². The van der Waals surface area contributed by atoms with Crippen LogP contribution in [0.4, 0.5) is 5.69 Å². The van der Waals surface area contributed by atoms with Crippen LogP contribution in [-0.4, -0.2) is 19.1 Å². The van der Waals surface area contributed by atoms with Crippen LogP contribution in [-0.2, 0) is 9.53 Å². The van der Waals surface area contributed by atoms with Crippen molar-refractivity contribution in [3.63, 3.8) is 0 Å². The van der Waals surface area contributed by atoms with Gasteiger partial charge in [-0.05, 0) is 18.6 Å². The molecule has 21 heavy (non-hydrogen) atoms. The summed E-state index contributed by atoms with van der Waals surface area (Å²) in [6.45, 7) is 2.76. The largest absolute Gasteiger partial charge is 0.463 e. The zero-order valence-electron chi connectivity index (χ0n) is 12.1. The second kappa shape index (κ2) is 7.90. The summed E-state index contributed by atoms with van der Waals surface area (Å²) < 4.78 is 4.83. The quantitative estimate of drug-likeness (QED) is 0.645. The molecule has 3 heteroatoms. The van der Waals surface area contributed by atoms with Crippen molar-refractivity contribution in [3.8, 4) is 11.1 Å². The number of benzene rings is 2. The Morgan fingerprint density at radius 1 is 1.10 bits per heavy atom. The Kier molecular flexibility index (Phi) is 5.59. The van der Waals surface area contributed by atoms with Crippen LogP contribution in [0.15, 0.2) is 66.7 Å². The molecule has 0 fully saturated rings. The van der Waals surface area contributed by atoms with Crippen molar-refractivity contribution in [2.45, 2.75) is 6.92 Å². The van der Waals surface area contributed by atoms with Gasteiger partial charge < -0.3 is 10.1 Å². The molecule has 0 saturated heterocycles. The molecule has 0 atom stereocenters. The van der Waals surface area contributed by atoms with Crippen molar-refractivity contribution < 1.29 is 9.53 Å². The smallest absolute Gasteiger partial charge is 0.330 e. The summed E-state index contributed by atoms with van der Waals surface area (Å²) in [4.78, 5) is 11.2. The Balaban J connectivity index is 2.03. The first-order valence-corrected chi connectivity index (χ1v) is 7.03. The third kappa shape index (κ3) is 4.49. The minimum atomic E-state index is -0.310. The number of hydrogen-bond acceptors (Lipinski definition) is 3. The van der Waals surface area contributed by atoms with Gasteiger partial charge in [0.2, 0.25) is 0 Å². The van der Waals surface area contributed by atoms with E-state index in [1.165, 1.54) is 6.08 Å². The first-order chi connectivity index (χ1) is 10.3. The molecule has 108 valence electrons. The molecule has 0 bridgehead atoms. The highest BCUT2D eigenvalue weighted by Gasteiger charge is 2.02. The Morgan fingerprint density at radius 3 is 2.57 bits per heavy atom. The van der Waals surface area contributed by atoms with E-state index in [9.17, 15) is 4.79 Å².